The van der Waals surface area contributed by atoms with Crippen molar-refractivity contribution in [2.75, 3.05) is 0 Å². The number of fused-ring (bicyclic) bond motifs is 1. The van der Waals surface area contributed by atoms with E-state index in [-0.39, 0.29) is 12.1 Å². The highest BCUT2D eigenvalue weighted by Crippen LogP contribution is 2.11. The molecule has 0 atom stereocenters. The van der Waals surface area contributed by atoms with Gasteiger partial charge in [-0.3, -0.25) is 9.36 Å². The second-order valence-electron chi connectivity index (χ2n) is 6.26. The van der Waals surface area contributed by atoms with Gasteiger partial charge in [0.25, 0.3) is 5.56 Å². The molecule has 4 aromatic rings. The number of rotatable bonds is 5. The molecule has 0 bridgehead atoms. The number of tetrazole rings is 1. The van der Waals surface area contributed by atoms with Crippen LogP contribution in [0.1, 0.15) is 17.1 Å². The maximum absolute atomic E-state index is 12.7. The number of hydrogen-bond donors (Lipinski definition) is 0. The SMILES string of the molecule is Cc1nn(C)c2ncn(Cc3nnn(CCc4ccc(Cl)cc4)n3)c(=O)c12. The minimum absolute atomic E-state index is 0.164. The number of aromatic nitrogens is 8. The van der Waals surface area contributed by atoms with Crippen LogP contribution in [0.5, 0.6) is 0 Å². The average molecular weight is 385 g/mol. The highest BCUT2D eigenvalue weighted by Gasteiger charge is 2.14. The third-order valence-electron chi connectivity index (χ3n) is 4.31. The Labute approximate surface area is 159 Å². The maximum atomic E-state index is 12.7. The van der Waals surface area contributed by atoms with Crippen LogP contribution in [0.25, 0.3) is 11.0 Å². The lowest BCUT2D eigenvalue weighted by Crippen LogP contribution is -2.22. The molecule has 4 rings (SSSR count). The van der Waals surface area contributed by atoms with Crippen molar-refractivity contribution in [3.8, 4) is 0 Å². The largest absolute Gasteiger partial charge is 0.291 e. The number of nitrogens with zero attached hydrogens (tertiary/aromatic N) is 8. The lowest BCUT2D eigenvalue weighted by atomic mass is 10.1. The standard InChI is InChI=1S/C17H17ClN8O/c1-11-15-16(24(2)21-11)19-10-25(17(15)27)9-14-20-23-26(22-14)8-7-12-3-5-13(18)6-4-12/h3-6,10H,7-9H2,1-2H3. The van der Waals surface area contributed by atoms with Gasteiger partial charge in [0.05, 0.1) is 18.8 Å². The first-order valence-electron chi connectivity index (χ1n) is 8.41. The summed E-state index contributed by atoms with van der Waals surface area (Å²) in [6.07, 6.45) is 2.25. The van der Waals surface area contributed by atoms with Gasteiger partial charge in [-0.1, -0.05) is 23.7 Å². The van der Waals surface area contributed by atoms with Gasteiger partial charge < -0.3 is 0 Å². The molecule has 3 aromatic heterocycles. The summed E-state index contributed by atoms with van der Waals surface area (Å²) >= 11 is 5.89. The number of benzene rings is 1. The summed E-state index contributed by atoms with van der Waals surface area (Å²) in [6, 6.07) is 7.65. The minimum atomic E-state index is -0.164. The Morgan fingerprint density at radius 1 is 1.15 bits per heavy atom. The predicted molar refractivity (Wildman–Crippen MR) is 99.6 cm³/mol. The van der Waals surface area contributed by atoms with E-state index in [1.54, 1.807) is 18.7 Å². The van der Waals surface area contributed by atoms with Gasteiger partial charge in [-0.25, -0.2) is 9.67 Å². The second kappa shape index (κ2) is 6.92. The van der Waals surface area contributed by atoms with Gasteiger partial charge in [0, 0.05) is 12.1 Å². The first-order valence-corrected chi connectivity index (χ1v) is 8.79. The van der Waals surface area contributed by atoms with Crippen LogP contribution in [0, 0.1) is 6.92 Å². The first-order chi connectivity index (χ1) is 13.0. The summed E-state index contributed by atoms with van der Waals surface area (Å²) in [6.45, 7) is 2.58. The monoisotopic (exact) mass is 384 g/mol. The Morgan fingerprint density at radius 3 is 2.70 bits per heavy atom. The van der Waals surface area contributed by atoms with E-state index in [4.69, 9.17) is 11.6 Å². The van der Waals surface area contributed by atoms with E-state index >= 15 is 0 Å². The molecule has 0 aliphatic rings. The van der Waals surface area contributed by atoms with Crippen molar-refractivity contribution in [1.82, 2.24) is 39.5 Å². The normalized spacial score (nSPS) is 11.4. The Hall–Kier alpha value is -3.07. The Bertz CT molecular complexity index is 1160. The summed E-state index contributed by atoms with van der Waals surface area (Å²) in [4.78, 5) is 18.5. The fraction of sp³-hybridized carbons (Fsp3) is 0.294. The summed E-state index contributed by atoms with van der Waals surface area (Å²) in [5, 5.41) is 17.9. The molecule has 9 nitrogen and oxygen atoms in total. The summed E-state index contributed by atoms with van der Waals surface area (Å²) in [5.74, 6) is 0.455. The molecule has 0 fully saturated rings. The molecule has 138 valence electrons. The molecule has 0 unspecified atom stereocenters. The van der Waals surface area contributed by atoms with Gasteiger partial charge in [0.2, 0.25) is 0 Å². The quantitative estimate of drug-likeness (QED) is 0.515. The summed E-state index contributed by atoms with van der Waals surface area (Å²) in [5.41, 5.74) is 2.19. The Balaban J connectivity index is 1.50. The van der Waals surface area contributed by atoms with Gasteiger partial charge in [-0.2, -0.15) is 9.90 Å². The van der Waals surface area contributed by atoms with Gasteiger partial charge >= 0.3 is 0 Å². The van der Waals surface area contributed by atoms with Gasteiger partial charge in [0.15, 0.2) is 11.5 Å². The molecule has 0 aliphatic heterocycles. The smallest absolute Gasteiger partial charge is 0.265 e. The topological polar surface area (TPSA) is 96.3 Å². The van der Waals surface area contributed by atoms with Crippen molar-refractivity contribution in [1.29, 1.82) is 0 Å². The molecular weight excluding hydrogens is 368 g/mol. The Morgan fingerprint density at radius 2 is 1.93 bits per heavy atom. The molecule has 0 radical (unpaired) electrons. The van der Waals surface area contributed by atoms with Crippen LogP contribution in [0.4, 0.5) is 0 Å². The van der Waals surface area contributed by atoms with E-state index in [2.05, 4.69) is 25.5 Å². The van der Waals surface area contributed by atoms with Crippen molar-refractivity contribution in [3.05, 3.63) is 63.1 Å². The van der Waals surface area contributed by atoms with E-state index in [1.165, 1.54) is 15.7 Å². The second-order valence-corrected chi connectivity index (χ2v) is 6.70. The molecule has 3 heterocycles. The third-order valence-corrected chi connectivity index (χ3v) is 4.56. The predicted octanol–water partition coefficient (Wildman–Crippen LogP) is 1.37. The first kappa shape index (κ1) is 17.3. The zero-order valence-corrected chi connectivity index (χ0v) is 15.6. The fourth-order valence-corrected chi connectivity index (χ4v) is 3.07. The van der Waals surface area contributed by atoms with Crippen LogP contribution < -0.4 is 5.56 Å². The van der Waals surface area contributed by atoms with E-state index in [0.717, 1.165) is 12.0 Å². The van der Waals surface area contributed by atoms with Gasteiger partial charge in [0.1, 0.15) is 11.7 Å². The van der Waals surface area contributed by atoms with Crippen molar-refractivity contribution in [2.24, 2.45) is 7.05 Å². The molecule has 0 spiro atoms. The molecule has 0 aliphatic carbocycles. The summed E-state index contributed by atoms with van der Waals surface area (Å²) < 4.78 is 3.07. The van der Waals surface area contributed by atoms with Crippen LogP contribution in [0.2, 0.25) is 5.02 Å². The van der Waals surface area contributed by atoms with Crippen molar-refractivity contribution in [3.63, 3.8) is 0 Å². The van der Waals surface area contributed by atoms with Crippen LogP contribution in [-0.2, 0) is 26.6 Å². The molecule has 0 saturated carbocycles. The van der Waals surface area contributed by atoms with Crippen LogP contribution in [0.3, 0.4) is 0 Å². The van der Waals surface area contributed by atoms with E-state index in [0.29, 0.717) is 34.1 Å². The number of hydrogen-bond acceptors (Lipinski definition) is 6. The minimum Gasteiger partial charge on any atom is -0.291 e. The number of halogens is 1. The zero-order chi connectivity index (χ0) is 19.0. The molecular formula is C17H17ClN8O. The molecule has 1 aromatic carbocycles. The lowest BCUT2D eigenvalue weighted by molar-refractivity contribution is 0.519. The molecule has 27 heavy (non-hydrogen) atoms. The van der Waals surface area contributed by atoms with E-state index in [9.17, 15) is 4.79 Å². The van der Waals surface area contributed by atoms with E-state index < -0.39 is 0 Å². The molecule has 0 amide bonds. The molecule has 10 heteroatoms. The van der Waals surface area contributed by atoms with Crippen LogP contribution in [-0.4, -0.2) is 39.5 Å². The highest BCUT2D eigenvalue weighted by atomic mass is 35.5. The highest BCUT2D eigenvalue weighted by molar-refractivity contribution is 6.30. The van der Waals surface area contributed by atoms with Crippen molar-refractivity contribution < 1.29 is 0 Å². The molecule has 0 N–H and O–H groups in total. The number of aryl methyl sites for hydroxylation is 4. The fourth-order valence-electron chi connectivity index (χ4n) is 2.94. The Kier molecular flexibility index (Phi) is 4.44. The maximum Gasteiger partial charge on any atom is 0.265 e. The van der Waals surface area contributed by atoms with Crippen molar-refractivity contribution >= 4 is 22.6 Å². The average Bonchev–Trinajstić information content (AvgIpc) is 3.21. The van der Waals surface area contributed by atoms with E-state index in [1.807, 2.05) is 24.3 Å². The lowest BCUT2D eigenvalue weighted by Gasteiger charge is -2.02. The van der Waals surface area contributed by atoms with Gasteiger partial charge in [-0.05, 0) is 36.3 Å². The van der Waals surface area contributed by atoms with Crippen LogP contribution in [0.15, 0.2) is 35.4 Å². The third kappa shape index (κ3) is 3.45. The van der Waals surface area contributed by atoms with Crippen LogP contribution >= 0.6 is 11.6 Å². The van der Waals surface area contributed by atoms with Gasteiger partial charge in [-0.15, -0.1) is 10.2 Å². The summed E-state index contributed by atoms with van der Waals surface area (Å²) in [7, 11) is 1.76. The molecule has 0 saturated heterocycles. The van der Waals surface area contributed by atoms with Crippen molar-refractivity contribution in [2.45, 2.75) is 26.4 Å². The zero-order valence-electron chi connectivity index (χ0n) is 14.9.